The van der Waals surface area contributed by atoms with Crippen LogP contribution in [-0.2, 0) is 11.3 Å². The molecule has 0 radical (unpaired) electrons. The van der Waals surface area contributed by atoms with Crippen molar-refractivity contribution in [1.29, 1.82) is 0 Å². The van der Waals surface area contributed by atoms with Crippen molar-refractivity contribution in [3.8, 4) is 11.5 Å². The first-order valence-electron chi connectivity index (χ1n) is 5.22. The van der Waals surface area contributed by atoms with E-state index >= 15 is 0 Å². The lowest BCUT2D eigenvalue weighted by Crippen LogP contribution is -2.08. The van der Waals surface area contributed by atoms with Gasteiger partial charge in [0.15, 0.2) is 0 Å². The number of methoxy groups -OCH3 is 2. The maximum Gasteiger partial charge on any atom is 0.124 e. The average molecular weight is 225 g/mol. The van der Waals surface area contributed by atoms with Gasteiger partial charge in [-0.2, -0.15) is 0 Å². The Hall–Kier alpha value is -1.26. The second kappa shape index (κ2) is 6.35. The number of nitrogens with two attached hydrogens (primary N) is 1. The van der Waals surface area contributed by atoms with Gasteiger partial charge in [-0.25, -0.2) is 0 Å². The number of rotatable bonds is 6. The summed E-state index contributed by atoms with van der Waals surface area (Å²) in [5.74, 6) is 1.66. The summed E-state index contributed by atoms with van der Waals surface area (Å²) < 4.78 is 15.9. The zero-order valence-electron chi connectivity index (χ0n) is 10.1. The van der Waals surface area contributed by atoms with Crippen LogP contribution in [0.25, 0.3) is 0 Å². The van der Waals surface area contributed by atoms with E-state index in [1.807, 2.05) is 19.1 Å². The van der Waals surface area contributed by atoms with Gasteiger partial charge in [-0.15, -0.1) is 0 Å². The van der Waals surface area contributed by atoms with Gasteiger partial charge in [-0.3, -0.25) is 0 Å². The Labute approximate surface area is 96.3 Å². The molecule has 0 amide bonds. The molecule has 2 N–H and O–H groups in total. The number of hydrogen-bond acceptors (Lipinski definition) is 4. The summed E-state index contributed by atoms with van der Waals surface area (Å²) in [6, 6.07) is 3.88. The summed E-state index contributed by atoms with van der Waals surface area (Å²) in [5, 5.41) is 0. The van der Waals surface area contributed by atoms with Crippen LogP contribution in [0.15, 0.2) is 12.1 Å². The molecule has 4 nitrogen and oxygen atoms in total. The second-order valence-electron chi connectivity index (χ2n) is 3.47. The first kappa shape index (κ1) is 12.8. The van der Waals surface area contributed by atoms with Crippen LogP contribution in [0.4, 0.5) is 0 Å². The van der Waals surface area contributed by atoms with Gasteiger partial charge in [0, 0.05) is 12.1 Å². The van der Waals surface area contributed by atoms with Crippen LogP contribution in [0.2, 0.25) is 0 Å². The molecule has 4 heteroatoms. The van der Waals surface area contributed by atoms with Crippen LogP contribution in [0, 0.1) is 6.92 Å². The van der Waals surface area contributed by atoms with E-state index < -0.39 is 0 Å². The monoisotopic (exact) mass is 225 g/mol. The van der Waals surface area contributed by atoms with Gasteiger partial charge < -0.3 is 19.9 Å². The van der Waals surface area contributed by atoms with Crippen molar-refractivity contribution in [2.24, 2.45) is 5.73 Å². The first-order valence-corrected chi connectivity index (χ1v) is 5.22. The van der Waals surface area contributed by atoms with Gasteiger partial charge in [0.2, 0.25) is 0 Å². The van der Waals surface area contributed by atoms with E-state index in [2.05, 4.69) is 0 Å². The number of hydrogen-bond donors (Lipinski definition) is 1. The molecule has 1 aromatic rings. The van der Waals surface area contributed by atoms with Crippen LogP contribution < -0.4 is 15.2 Å². The summed E-state index contributed by atoms with van der Waals surface area (Å²) in [6.45, 7) is 3.52. The normalized spacial score (nSPS) is 10.2. The van der Waals surface area contributed by atoms with E-state index in [4.69, 9.17) is 19.9 Å². The van der Waals surface area contributed by atoms with Crippen LogP contribution in [0.5, 0.6) is 11.5 Å². The molecule has 0 bridgehead atoms. The smallest absolute Gasteiger partial charge is 0.124 e. The Morgan fingerprint density at radius 3 is 2.38 bits per heavy atom. The SMILES string of the molecule is COc1cc(COCCN)c(OC)cc1C. The van der Waals surface area contributed by atoms with E-state index in [9.17, 15) is 0 Å². The topological polar surface area (TPSA) is 53.7 Å². The third-order valence-corrected chi connectivity index (χ3v) is 2.32. The van der Waals surface area contributed by atoms with E-state index in [0.29, 0.717) is 19.8 Å². The molecule has 0 aliphatic carbocycles. The van der Waals surface area contributed by atoms with Crippen molar-refractivity contribution >= 4 is 0 Å². The van der Waals surface area contributed by atoms with Crippen molar-refractivity contribution in [2.75, 3.05) is 27.4 Å². The Balaban J connectivity index is 2.86. The van der Waals surface area contributed by atoms with Crippen molar-refractivity contribution < 1.29 is 14.2 Å². The second-order valence-corrected chi connectivity index (χ2v) is 3.47. The molecule has 0 aromatic heterocycles. The molecule has 16 heavy (non-hydrogen) atoms. The maximum absolute atomic E-state index is 5.39. The van der Waals surface area contributed by atoms with Crippen molar-refractivity contribution in [3.05, 3.63) is 23.3 Å². The van der Waals surface area contributed by atoms with E-state index in [0.717, 1.165) is 22.6 Å². The summed E-state index contributed by atoms with van der Waals surface area (Å²) in [5.41, 5.74) is 7.38. The quantitative estimate of drug-likeness (QED) is 0.745. The number of aryl methyl sites for hydroxylation is 1. The molecule has 0 saturated carbocycles. The molecule has 0 aliphatic heterocycles. The highest BCUT2D eigenvalue weighted by Gasteiger charge is 2.08. The molecular formula is C12H19NO3. The van der Waals surface area contributed by atoms with Gasteiger partial charge in [-0.1, -0.05) is 0 Å². The fraction of sp³-hybridized carbons (Fsp3) is 0.500. The van der Waals surface area contributed by atoms with E-state index in [1.54, 1.807) is 14.2 Å². The van der Waals surface area contributed by atoms with Crippen LogP contribution in [0.3, 0.4) is 0 Å². The maximum atomic E-state index is 5.39. The Kier molecular flexibility index (Phi) is 5.08. The first-order chi connectivity index (χ1) is 7.72. The molecule has 90 valence electrons. The summed E-state index contributed by atoms with van der Waals surface area (Å²) in [6.07, 6.45) is 0. The molecule has 0 fully saturated rings. The third kappa shape index (κ3) is 3.12. The average Bonchev–Trinajstić information content (AvgIpc) is 2.30. The van der Waals surface area contributed by atoms with E-state index in [-0.39, 0.29) is 0 Å². The zero-order chi connectivity index (χ0) is 12.0. The zero-order valence-corrected chi connectivity index (χ0v) is 10.1. The lowest BCUT2D eigenvalue weighted by Gasteiger charge is -2.13. The highest BCUT2D eigenvalue weighted by Crippen LogP contribution is 2.28. The highest BCUT2D eigenvalue weighted by atomic mass is 16.5. The summed E-state index contributed by atoms with van der Waals surface area (Å²) in [4.78, 5) is 0. The van der Waals surface area contributed by atoms with Crippen molar-refractivity contribution in [2.45, 2.75) is 13.5 Å². The fourth-order valence-electron chi connectivity index (χ4n) is 1.49. The molecule has 0 aliphatic rings. The molecule has 0 unspecified atom stereocenters. The van der Waals surface area contributed by atoms with Gasteiger partial charge in [0.25, 0.3) is 0 Å². The van der Waals surface area contributed by atoms with Gasteiger partial charge in [0.05, 0.1) is 27.4 Å². The van der Waals surface area contributed by atoms with Crippen molar-refractivity contribution in [3.63, 3.8) is 0 Å². The lowest BCUT2D eigenvalue weighted by atomic mass is 10.1. The molecule has 1 rings (SSSR count). The summed E-state index contributed by atoms with van der Waals surface area (Å²) in [7, 11) is 3.30. The number of ether oxygens (including phenoxy) is 3. The molecule has 0 atom stereocenters. The summed E-state index contributed by atoms with van der Waals surface area (Å²) >= 11 is 0. The van der Waals surface area contributed by atoms with Gasteiger partial charge in [-0.05, 0) is 24.6 Å². The third-order valence-electron chi connectivity index (χ3n) is 2.32. The Morgan fingerprint density at radius 1 is 1.12 bits per heavy atom. The van der Waals surface area contributed by atoms with Crippen LogP contribution in [-0.4, -0.2) is 27.4 Å². The largest absolute Gasteiger partial charge is 0.496 e. The minimum absolute atomic E-state index is 0.483. The number of benzene rings is 1. The predicted octanol–water partition coefficient (Wildman–Crippen LogP) is 1.49. The standard InChI is InChI=1S/C12H19NO3/c1-9-6-12(15-3)10(7-11(9)14-2)8-16-5-4-13/h6-7H,4-5,8,13H2,1-3H3. The lowest BCUT2D eigenvalue weighted by molar-refractivity contribution is 0.126. The van der Waals surface area contributed by atoms with Crippen molar-refractivity contribution in [1.82, 2.24) is 0 Å². The Bertz CT molecular complexity index is 339. The minimum Gasteiger partial charge on any atom is -0.496 e. The molecule has 1 aromatic carbocycles. The predicted molar refractivity (Wildman–Crippen MR) is 63.0 cm³/mol. The van der Waals surface area contributed by atoms with Crippen LogP contribution >= 0.6 is 0 Å². The molecule has 0 spiro atoms. The molecular weight excluding hydrogens is 206 g/mol. The van der Waals surface area contributed by atoms with E-state index in [1.165, 1.54) is 0 Å². The Morgan fingerprint density at radius 2 is 1.81 bits per heavy atom. The highest BCUT2D eigenvalue weighted by molar-refractivity contribution is 5.45. The van der Waals surface area contributed by atoms with Gasteiger partial charge >= 0.3 is 0 Å². The molecule has 0 saturated heterocycles. The van der Waals surface area contributed by atoms with Crippen LogP contribution in [0.1, 0.15) is 11.1 Å². The minimum atomic E-state index is 0.483. The fourth-order valence-corrected chi connectivity index (χ4v) is 1.49. The molecule has 0 heterocycles. The van der Waals surface area contributed by atoms with Gasteiger partial charge in [0.1, 0.15) is 11.5 Å².